The van der Waals surface area contributed by atoms with Gasteiger partial charge in [-0.1, -0.05) is 0 Å². The smallest absolute Gasteiger partial charge is 0.244 e. The molecule has 5 nitrogen and oxygen atoms in total. The third-order valence-electron chi connectivity index (χ3n) is 4.43. The summed E-state index contributed by atoms with van der Waals surface area (Å²) in [6.07, 6.45) is 5.14. The molecule has 0 aliphatic carbocycles. The zero-order chi connectivity index (χ0) is 15.7. The van der Waals surface area contributed by atoms with Crippen molar-refractivity contribution < 1.29 is 4.79 Å². The van der Waals surface area contributed by atoms with Crippen LogP contribution in [0.2, 0.25) is 0 Å². The topological polar surface area (TPSA) is 59.0 Å². The average molecular weight is 300 g/mol. The lowest BCUT2D eigenvalue weighted by molar-refractivity contribution is -0.122. The van der Waals surface area contributed by atoms with E-state index in [9.17, 15) is 4.79 Å². The van der Waals surface area contributed by atoms with Gasteiger partial charge in [-0.3, -0.25) is 9.48 Å². The van der Waals surface area contributed by atoms with E-state index in [1.54, 1.807) is 0 Å². The van der Waals surface area contributed by atoms with Crippen LogP contribution in [-0.2, 0) is 4.79 Å². The van der Waals surface area contributed by atoms with E-state index in [1.165, 1.54) is 0 Å². The molecule has 1 aromatic heterocycles. The maximum atomic E-state index is 12.5. The van der Waals surface area contributed by atoms with Crippen LogP contribution < -0.4 is 10.6 Å². The molecule has 1 aliphatic heterocycles. The number of hydrogen-bond acceptors (Lipinski definition) is 3. The van der Waals surface area contributed by atoms with Crippen molar-refractivity contribution in [2.75, 3.05) is 11.9 Å². The molecule has 1 saturated heterocycles. The molecule has 5 heteroatoms. The van der Waals surface area contributed by atoms with Gasteiger partial charge in [0.05, 0.1) is 11.1 Å². The molecule has 0 bridgehead atoms. The molecule has 2 N–H and O–H groups in total. The fraction of sp³-hybridized carbons (Fsp3) is 0.529. The predicted octanol–water partition coefficient (Wildman–Crippen LogP) is 3.09. The first-order chi connectivity index (χ1) is 10.5. The van der Waals surface area contributed by atoms with Crippen LogP contribution in [-0.4, -0.2) is 27.8 Å². The number of amides is 1. The van der Waals surface area contributed by atoms with E-state index in [0.717, 1.165) is 42.4 Å². The summed E-state index contributed by atoms with van der Waals surface area (Å²) < 4.78 is 1.94. The van der Waals surface area contributed by atoms with Crippen molar-refractivity contribution in [3.05, 3.63) is 24.4 Å². The maximum Gasteiger partial charge on any atom is 0.244 e. The molecule has 22 heavy (non-hydrogen) atoms. The molecule has 1 atom stereocenters. The summed E-state index contributed by atoms with van der Waals surface area (Å²) in [6.45, 7) is 7.09. The van der Waals surface area contributed by atoms with Crippen molar-refractivity contribution >= 4 is 22.5 Å². The Balaban J connectivity index is 1.80. The molecular formula is C17H24N4O. The second kappa shape index (κ2) is 5.72. The van der Waals surface area contributed by atoms with Crippen molar-refractivity contribution in [3.63, 3.8) is 0 Å². The third kappa shape index (κ3) is 2.86. The summed E-state index contributed by atoms with van der Waals surface area (Å²) in [5.74, 6) is 0.0443. The number of anilines is 1. The van der Waals surface area contributed by atoms with Gasteiger partial charge in [-0.25, -0.2) is 0 Å². The fourth-order valence-electron chi connectivity index (χ4n) is 2.91. The molecule has 1 aromatic carbocycles. The van der Waals surface area contributed by atoms with E-state index in [4.69, 9.17) is 0 Å². The highest BCUT2D eigenvalue weighted by atomic mass is 16.2. The molecule has 1 aliphatic rings. The second-order valence-corrected chi connectivity index (χ2v) is 6.65. The van der Waals surface area contributed by atoms with Crippen LogP contribution in [0.4, 0.5) is 5.69 Å². The highest BCUT2D eigenvalue weighted by Gasteiger charge is 2.34. The van der Waals surface area contributed by atoms with E-state index in [0.29, 0.717) is 6.04 Å². The van der Waals surface area contributed by atoms with Gasteiger partial charge in [0.15, 0.2) is 0 Å². The summed E-state index contributed by atoms with van der Waals surface area (Å²) in [6, 6.07) is 6.20. The van der Waals surface area contributed by atoms with Crippen molar-refractivity contribution in [2.45, 2.75) is 51.6 Å². The Morgan fingerprint density at radius 2 is 2.23 bits per heavy atom. The quantitative estimate of drug-likeness (QED) is 0.916. The molecule has 0 spiro atoms. The zero-order valence-corrected chi connectivity index (χ0v) is 13.5. The third-order valence-corrected chi connectivity index (χ3v) is 4.43. The number of carbonyl (C=O) groups excluding carboxylic acids is 1. The number of piperidine rings is 1. The first kappa shape index (κ1) is 15.0. The Bertz CT molecular complexity index is 683. The van der Waals surface area contributed by atoms with Gasteiger partial charge in [0.1, 0.15) is 0 Å². The van der Waals surface area contributed by atoms with Gasteiger partial charge in [-0.15, -0.1) is 0 Å². The van der Waals surface area contributed by atoms with Crippen LogP contribution in [0.5, 0.6) is 0 Å². The monoisotopic (exact) mass is 300 g/mol. The Labute approximate surface area is 131 Å². The SMILES string of the molecule is CC(C)n1cc2cc(NC(=O)C3(C)CCCCN3)ccc2n1. The van der Waals surface area contributed by atoms with E-state index < -0.39 is 5.54 Å². The maximum absolute atomic E-state index is 12.5. The van der Waals surface area contributed by atoms with Gasteiger partial charge in [-0.05, 0) is 64.8 Å². The number of nitrogens with one attached hydrogen (secondary N) is 2. The van der Waals surface area contributed by atoms with Gasteiger partial charge >= 0.3 is 0 Å². The largest absolute Gasteiger partial charge is 0.324 e. The van der Waals surface area contributed by atoms with Crippen LogP contribution in [0.15, 0.2) is 24.4 Å². The summed E-state index contributed by atoms with van der Waals surface area (Å²) in [4.78, 5) is 12.5. The minimum Gasteiger partial charge on any atom is -0.324 e. The molecular weight excluding hydrogens is 276 g/mol. The zero-order valence-electron chi connectivity index (χ0n) is 13.5. The normalized spacial score (nSPS) is 22.2. The molecule has 1 fully saturated rings. The van der Waals surface area contributed by atoms with Crippen molar-refractivity contribution in [2.24, 2.45) is 0 Å². The highest BCUT2D eigenvalue weighted by Crippen LogP contribution is 2.23. The van der Waals surface area contributed by atoms with E-state index in [2.05, 4.69) is 29.6 Å². The van der Waals surface area contributed by atoms with Gasteiger partial charge in [0.25, 0.3) is 0 Å². The standard InChI is InChI=1S/C17H24N4O/c1-12(2)21-11-13-10-14(6-7-15(13)20-21)19-16(22)17(3)8-4-5-9-18-17/h6-7,10-12,18H,4-5,8-9H2,1-3H3,(H,19,22). The summed E-state index contributed by atoms with van der Waals surface area (Å²) in [7, 11) is 0. The molecule has 0 radical (unpaired) electrons. The lowest BCUT2D eigenvalue weighted by Gasteiger charge is -2.33. The van der Waals surface area contributed by atoms with Crippen LogP contribution in [0, 0.1) is 0 Å². The molecule has 1 amide bonds. The minimum absolute atomic E-state index is 0.0443. The summed E-state index contributed by atoms with van der Waals surface area (Å²) in [5, 5.41) is 12.0. The number of rotatable bonds is 3. The van der Waals surface area contributed by atoms with E-state index in [1.807, 2.05) is 36.0 Å². The van der Waals surface area contributed by atoms with Crippen LogP contribution in [0.1, 0.15) is 46.1 Å². The van der Waals surface area contributed by atoms with Crippen LogP contribution in [0.25, 0.3) is 10.9 Å². The Hall–Kier alpha value is -1.88. The second-order valence-electron chi connectivity index (χ2n) is 6.65. The summed E-state index contributed by atoms with van der Waals surface area (Å²) >= 11 is 0. The average Bonchev–Trinajstić information content (AvgIpc) is 2.91. The van der Waals surface area contributed by atoms with E-state index >= 15 is 0 Å². The summed E-state index contributed by atoms with van der Waals surface area (Å²) in [5.41, 5.74) is 1.32. The van der Waals surface area contributed by atoms with E-state index in [-0.39, 0.29) is 5.91 Å². The minimum atomic E-state index is -0.463. The number of nitrogens with zero attached hydrogens (tertiary/aromatic N) is 2. The number of carbonyl (C=O) groups is 1. The highest BCUT2D eigenvalue weighted by molar-refractivity contribution is 5.99. The van der Waals surface area contributed by atoms with Crippen molar-refractivity contribution in [1.82, 2.24) is 15.1 Å². The Morgan fingerprint density at radius 1 is 1.41 bits per heavy atom. The lowest BCUT2D eigenvalue weighted by Crippen LogP contribution is -2.54. The molecule has 0 saturated carbocycles. The molecule has 118 valence electrons. The van der Waals surface area contributed by atoms with Gasteiger partial charge in [0.2, 0.25) is 5.91 Å². The first-order valence-electron chi connectivity index (χ1n) is 8.03. The van der Waals surface area contributed by atoms with Crippen LogP contribution in [0.3, 0.4) is 0 Å². The number of fused-ring (bicyclic) bond motifs is 1. The van der Waals surface area contributed by atoms with Gasteiger partial charge in [-0.2, -0.15) is 5.10 Å². The van der Waals surface area contributed by atoms with Crippen LogP contribution >= 0.6 is 0 Å². The number of aromatic nitrogens is 2. The fourth-order valence-corrected chi connectivity index (χ4v) is 2.91. The number of benzene rings is 1. The van der Waals surface area contributed by atoms with Gasteiger partial charge < -0.3 is 10.6 Å². The molecule has 2 aromatic rings. The molecule has 1 unspecified atom stereocenters. The number of hydrogen-bond donors (Lipinski definition) is 2. The Kier molecular flexibility index (Phi) is 3.91. The predicted molar refractivity (Wildman–Crippen MR) is 89.0 cm³/mol. The lowest BCUT2D eigenvalue weighted by atomic mass is 9.90. The Morgan fingerprint density at radius 3 is 2.91 bits per heavy atom. The first-order valence-corrected chi connectivity index (χ1v) is 8.03. The molecule has 2 heterocycles. The molecule has 3 rings (SSSR count). The van der Waals surface area contributed by atoms with Crippen molar-refractivity contribution in [3.8, 4) is 0 Å². The van der Waals surface area contributed by atoms with Gasteiger partial charge in [0, 0.05) is 23.3 Å². The van der Waals surface area contributed by atoms with Crippen molar-refractivity contribution in [1.29, 1.82) is 0 Å².